The number of hydrogen-bond donors (Lipinski definition) is 0. The molecule has 8 nitrogen and oxygen atoms in total. The molecule has 1 aliphatic heterocycles. The topological polar surface area (TPSA) is 93.2 Å². The summed E-state index contributed by atoms with van der Waals surface area (Å²) in [7, 11) is -2.53. The van der Waals surface area contributed by atoms with Gasteiger partial charge in [0, 0.05) is 6.42 Å². The third-order valence-corrected chi connectivity index (χ3v) is 9.94. The number of nitrogens with zero attached hydrogens (tertiary/aromatic N) is 2. The van der Waals surface area contributed by atoms with Gasteiger partial charge in [-0.3, -0.25) is 14.5 Å². The van der Waals surface area contributed by atoms with Crippen molar-refractivity contribution < 1.29 is 28.4 Å². The number of rotatable bonds is 7. The van der Waals surface area contributed by atoms with E-state index in [1.807, 2.05) is 33.9 Å². The molecule has 0 saturated carbocycles. The predicted molar refractivity (Wildman–Crippen MR) is 123 cm³/mol. The molecule has 1 aromatic rings. The highest BCUT2D eigenvalue weighted by atomic mass is 28.4. The molecule has 0 N–H and O–H groups in total. The Hall–Kier alpha value is -2.52. The van der Waals surface area contributed by atoms with E-state index in [2.05, 4.69) is 0 Å². The van der Waals surface area contributed by atoms with Crippen LogP contribution in [0.25, 0.3) is 0 Å². The molecule has 2 rings (SSSR count). The lowest BCUT2D eigenvalue weighted by Crippen LogP contribution is -2.56. The first-order chi connectivity index (χ1) is 14.6. The quantitative estimate of drug-likeness (QED) is 0.258. The van der Waals surface area contributed by atoms with Gasteiger partial charge in [-0.15, -0.1) is 0 Å². The van der Waals surface area contributed by atoms with Crippen LogP contribution in [-0.4, -0.2) is 60.7 Å². The van der Waals surface area contributed by atoms with E-state index in [1.54, 1.807) is 45.0 Å². The van der Waals surface area contributed by atoms with Crippen LogP contribution in [0.3, 0.4) is 0 Å². The fraction of sp³-hybridized carbons (Fsp3) is 0.565. The number of fused-ring (bicyclic) bond motifs is 1. The molecule has 9 heteroatoms. The number of hydroxylamine groups is 2. The number of imide groups is 1. The highest BCUT2D eigenvalue weighted by Gasteiger charge is 2.45. The van der Waals surface area contributed by atoms with Gasteiger partial charge in [0.25, 0.3) is 11.8 Å². The molecule has 0 aliphatic carbocycles. The molecule has 0 saturated heterocycles. The maximum absolute atomic E-state index is 13.1. The van der Waals surface area contributed by atoms with Crippen LogP contribution in [-0.2, 0) is 14.1 Å². The van der Waals surface area contributed by atoms with Crippen molar-refractivity contribution in [1.82, 2.24) is 9.96 Å². The Kier molecular flexibility index (Phi) is 7.36. The van der Waals surface area contributed by atoms with Crippen molar-refractivity contribution in [2.75, 3.05) is 6.54 Å². The van der Waals surface area contributed by atoms with Gasteiger partial charge in [-0.1, -0.05) is 32.9 Å². The molecule has 0 aromatic heterocycles. The number of ether oxygens (including phenoxy) is 1. The molecule has 0 radical (unpaired) electrons. The van der Waals surface area contributed by atoms with Crippen molar-refractivity contribution in [3.8, 4) is 0 Å². The zero-order valence-corrected chi connectivity index (χ0v) is 21.2. The van der Waals surface area contributed by atoms with Crippen molar-refractivity contribution in [2.24, 2.45) is 0 Å². The van der Waals surface area contributed by atoms with Gasteiger partial charge in [-0.2, -0.15) is 5.06 Å². The first-order valence-corrected chi connectivity index (χ1v) is 13.6. The zero-order valence-electron chi connectivity index (χ0n) is 20.2. The minimum absolute atomic E-state index is 0.124. The van der Waals surface area contributed by atoms with E-state index in [4.69, 9.17) is 9.26 Å². The molecule has 0 spiro atoms. The third kappa shape index (κ3) is 5.63. The van der Waals surface area contributed by atoms with Crippen molar-refractivity contribution in [1.29, 1.82) is 0 Å². The number of hydrogen-bond acceptors (Lipinski definition) is 6. The van der Waals surface area contributed by atoms with Gasteiger partial charge in [0.1, 0.15) is 11.9 Å². The lowest BCUT2D eigenvalue weighted by Gasteiger charge is -2.42. The molecule has 32 heavy (non-hydrogen) atoms. The van der Waals surface area contributed by atoms with E-state index in [1.165, 1.54) is 0 Å². The second-order valence-electron chi connectivity index (χ2n) is 10.5. The van der Waals surface area contributed by atoms with E-state index in [0.29, 0.717) is 17.4 Å². The third-order valence-electron chi connectivity index (χ3n) is 5.68. The highest BCUT2D eigenvalue weighted by molar-refractivity contribution is 6.74. The number of carbonyl (C=O) groups is 4. The second-order valence-corrected chi connectivity index (χ2v) is 15.2. The first kappa shape index (κ1) is 25.7. The van der Waals surface area contributed by atoms with E-state index in [0.717, 1.165) is 9.96 Å². The summed E-state index contributed by atoms with van der Waals surface area (Å²) in [6.45, 7) is 15.0. The molecule has 0 fully saturated rings. The van der Waals surface area contributed by atoms with Gasteiger partial charge < -0.3 is 14.1 Å². The van der Waals surface area contributed by atoms with Crippen LogP contribution in [0.2, 0.25) is 18.1 Å². The normalized spacial score (nSPS) is 15.4. The summed E-state index contributed by atoms with van der Waals surface area (Å²) >= 11 is 0. The molecular weight excluding hydrogens is 428 g/mol. The smallest absolute Gasteiger partial charge is 0.433 e. The van der Waals surface area contributed by atoms with Gasteiger partial charge in [-0.25, -0.2) is 4.79 Å². The van der Waals surface area contributed by atoms with Crippen LogP contribution >= 0.6 is 0 Å². The standard InChI is InChI=1S/C23H34N2O6Si/c1-22(2,3)30-21(29)25(31-32(7,8)23(4,5)6)16(13-14-26)15-24-19(27)17-11-9-10-12-18(17)20(24)28/h9-12,14,16H,13,15H2,1-8H3/t16-/m1/s1. The molecule has 0 bridgehead atoms. The van der Waals surface area contributed by atoms with Crippen LogP contribution in [0, 0.1) is 0 Å². The Bertz CT molecular complexity index is 865. The van der Waals surface area contributed by atoms with E-state index >= 15 is 0 Å². The zero-order chi connectivity index (χ0) is 24.5. The first-order valence-electron chi connectivity index (χ1n) is 10.7. The van der Waals surface area contributed by atoms with Gasteiger partial charge >= 0.3 is 6.09 Å². The molecule has 1 aromatic carbocycles. The SMILES string of the molecule is CC(C)(C)OC(=O)N(O[Si](C)(C)C(C)(C)C)[C@H](CC=O)CN1C(=O)c2ccccc2C1=O. The summed E-state index contributed by atoms with van der Waals surface area (Å²) in [6, 6.07) is 5.65. The van der Waals surface area contributed by atoms with E-state index < -0.39 is 37.9 Å². The summed E-state index contributed by atoms with van der Waals surface area (Å²) in [4.78, 5) is 51.5. The number of amides is 3. The molecule has 0 unspecified atom stereocenters. The van der Waals surface area contributed by atoms with Crippen molar-refractivity contribution in [3.05, 3.63) is 35.4 Å². The molecule has 176 valence electrons. The summed E-state index contributed by atoms with van der Waals surface area (Å²) < 4.78 is 11.8. The van der Waals surface area contributed by atoms with Crippen LogP contribution in [0.4, 0.5) is 4.79 Å². The van der Waals surface area contributed by atoms with Crippen molar-refractivity contribution in [2.45, 2.75) is 77.7 Å². The minimum atomic E-state index is -2.53. The minimum Gasteiger partial charge on any atom is -0.442 e. The maximum atomic E-state index is 13.1. The predicted octanol–water partition coefficient (Wildman–Crippen LogP) is 4.41. The van der Waals surface area contributed by atoms with E-state index in [9.17, 15) is 19.2 Å². The average molecular weight is 463 g/mol. The largest absolute Gasteiger partial charge is 0.442 e. The van der Waals surface area contributed by atoms with Crippen molar-refractivity contribution in [3.63, 3.8) is 0 Å². The van der Waals surface area contributed by atoms with Gasteiger partial charge in [-0.05, 0) is 51.0 Å². The fourth-order valence-electron chi connectivity index (χ4n) is 2.92. The molecular formula is C23H34N2O6Si. The molecule has 1 aliphatic rings. The number of aldehydes is 1. The summed E-state index contributed by atoms with van der Waals surface area (Å²) in [6.07, 6.45) is -0.234. The Labute approximate surface area is 190 Å². The van der Waals surface area contributed by atoms with Gasteiger partial charge in [0.2, 0.25) is 8.32 Å². The molecule has 1 atom stereocenters. The van der Waals surface area contributed by atoms with Crippen LogP contribution in [0.15, 0.2) is 24.3 Å². The van der Waals surface area contributed by atoms with Crippen molar-refractivity contribution >= 4 is 32.5 Å². The Morgan fingerprint density at radius 3 is 1.97 bits per heavy atom. The Morgan fingerprint density at radius 1 is 1.06 bits per heavy atom. The van der Waals surface area contributed by atoms with Crippen LogP contribution < -0.4 is 0 Å². The summed E-state index contributed by atoms with van der Waals surface area (Å²) in [5.41, 5.74) is -0.194. The maximum Gasteiger partial charge on any atom is 0.433 e. The lowest BCUT2D eigenvalue weighted by molar-refractivity contribution is -0.122. The van der Waals surface area contributed by atoms with Crippen LogP contribution in [0.1, 0.15) is 68.7 Å². The summed E-state index contributed by atoms with van der Waals surface area (Å²) in [5, 5.41) is 0.829. The second kappa shape index (κ2) is 9.15. The van der Waals surface area contributed by atoms with Gasteiger partial charge in [0.15, 0.2) is 0 Å². The van der Waals surface area contributed by atoms with E-state index in [-0.39, 0.29) is 18.0 Å². The number of benzene rings is 1. The lowest BCUT2D eigenvalue weighted by atomic mass is 10.1. The van der Waals surface area contributed by atoms with Crippen LogP contribution in [0.5, 0.6) is 0 Å². The monoisotopic (exact) mass is 462 g/mol. The molecule has 1 heterocycles. The average Bonchev–Trinajstić information content (AvgIpc) is 2.88. The fourth-order valence-corrected chi connectivity index (χ4v) is 3.91. The summed E-state index contributed by atoms with van der Waals surface area (Å²) in [5.74, 6) is -0.920. The molecule has 3 amide bonds. The Balaban J connectivity index is 2.41. The highest BCUT2D eigenvalue weighted by Crippen LogP contribution is 2.38. The number of carbonyl (C=O) groups excluding carboxylic acids is 4. The Morgan fingerprint density at radius 2 is 1.56 bits per heavy atom. The van der Waals surface area contributed by atoms with Gasteiger partial charge in [0.05, 0.1) is 23.7 Å².